The van der Waals surface area contributed by atoms with E-state index in [1.54, 1.807) is 12.3 Å². The zero-order valence-electron chi connectivity index (χ0n) is 7.77. The van der Waals surface area contributed by atoms with Crippen LogP contribution in [0.3, 0.4) is 0 Å². The highest BCUT2D eigenvalue weighted by Crippen LogP contribution is 2.36. The van der Waals surface area contributed by atoms with Crippen LogP contribution in [0.4, 0.5) is 0 Å². The maximum absolute atomic E-state index is 10.8. The summed E-state index contributed by atoms with van der Waals surface area (Å²) < 4.78 is 10.5. The van der Waals surface area contributed by atoms with Gasteiger partial charge in [0.2, 0.25) is 6.79 Å². The fourth-order valence-electron chi connectivity index (χ4n) is 1.68. The molecule has 0 unspecified atom stereocenters. The quantitative estimate of drug-likeness (QED) is 0.660. The lowest BCUT2D eigenvalue weighted by molar-refractivity contribution is 0.112. The number of pyridine rings is 1. The Hall–Kier alpha value is -2.10. The summed E-state index contributed by atoms with van der Waals surface area (Å²) in [5.41, 5.74) is 0.422. The Balaban J connectivity index is 2.37. The first-order valence-corrected chi connectivity index (χ1v) is 4.52. The standard InChI is InChI=1S/C11H7NO3/c13-5-9-8-4-11-10(14-6-15-11)3-7(8)1-2-12-9/h1-5H,6H2. The van der Waals surface area contributed by atoms with Crippen molar-refractivity contribution in [2.45, 2.75) is 0 Å². The molecular weight excluding hydrogens is 194 g/mol. The second-order valence-corrected chi connectivity index (χ2v) is 3.24. The fourth-order valence-corrected chi connectivity index (χ4v) is 1.68. The lowest BCUT2D eigenvalue weighted by Gasteiger charge is -2.01. The molecule has 1 aromatic carbocycles. The number of carbonyl (C=O) groups excluding carboxylic acids is 1. The van der Waals surface area contributed by atoms with Crippen molar-refractivity contribution in [3.63, 3.8) is 0 Å². The predicted octanol–water partition coefficient (Wildman–Crippen LogP) is 1.78. The summed E-state index contributed by atoms with van der Waals surface area (Å²) in [4.78, 5) is 14.8. The number of ether oxygens (including phenoxy) is 2. The summed E-state index contributed by atoms with van der Waals surface area (Å²) in [7, 11) is 0. The Labute approximate surface area is 85.4 Å². The minimum atomic E-state index is 0.232. The number of benzene rings is 1. The lowest BCUT2D eigenvalue weighted by Crippen LogP contribution is -1.92. The molecule has 0 bridgehead atoms. The number of nitrogens with zero attached hydrogens (tertiary/aromatic N) is 1. The Bertz CT molecular complexity index is 551. The van der Waals surface area contributed by atoms with Gasteiger partial charge in [-0.05, 0) is 23.6 Å². The molecular formula is C11H7NO3. The van der Waals surface area contributed by atoms with Crippen molar-refractivity contribution in [2.24, 2.45) is 0 Å². The van der Waals surface area contributed by atoms with Gasteiger partial charge in [-0.15, -0.1) is 0 Å². The molecule has 15 heavy (non-hydrogen) atoms. The third kappa shape index (κ3) is 1.15. The van der Waals surface area contributed by atoms with Crippen LogP contribution in [0.25, 0.3) is 10.8 Å². The van der Waals surface area contributed by atoms with Crippen LogP contribution < -0.4 is 9.47 Å². The smallest absolute Gasteiger partial charge is 0.231 e. The molecule has 2 heterocycles. The van der Waals surface area contributed by atoms with Crippen LogP contribution in [-0.4, -0.2) is 18.1 Å². The lowest BCUT2D eigenvalue weighted by atomic mass is 10.1. The van der Waals surface area contributed by atoms with Crippen molar-refractivity contribution in [3.05, 3.63) is 30.1 Å². The van der Waals surface area contributed by atoms with E-state index in [9.17, 15) is 4.79 Å². The zero-order chi connectivity index (χ0) is 10.3. The molecule has 0 saturated carbocycles. The summed E-state index contributed by atoms with van der Waals surface area (Å²) in [5, 5.41) is 1.72. The van der Waals surface area contributed by atoms with E-state index in [0.29, 0.717) is 17.2 Å². The summed E-state index contributed by atoms with van der Waals surface area (Å²) >= 11 is 0. The maximum atomic E-state index is 10.8. The van der Waals surface area contributed by atoms with E-state index in [0.717, 1.165) is 17.1 Å². The van der Waals surface area contributed by atoms with Gasteiger partial charge in [-0.3, -0.25) is 9.78 Å². The molecule has 1 aliphatic rings. The number of aromatic nitrogens is 1. The van der Waals surface area contributed by atoms with Crippen molar-refractivity contribution in [3.8, 4) is 11.5 Å². The molecule has 0 atom stereocenters. The summed E-state index contributed by atoms with van der Waals surface area (Å²) in [6.45, 7) is 0.232. The minimum Gasteiger partial charge on any atom is -0.454 e. The van der Waals surface area contributed by atoms with Gasteiger partial charge in [0.1, 0.15) is 5.69 Å². The summed E-state index contributed by atoms with van der Waals surface area (Å²) in [6, 6.07) is 5.48. The second kappa shape index (κ2) is 2.95. The zero-order valence-corrected chi connectivity index (χ0v) is 7.77. The van der Waals surface area contributed by atoms with Gasteiger partial charge in [-0.2, -0.15) is 0 Å². The van der Waals surface area contributed by atoms with Crippen LogP contribution in [0.15, 0.2) is 24.4 Å². The largest absolute Gasteiger partial charge is 0.454 e. The average Bonchev–Trinajstić information content (AvgIpc) is 2.72. The molecule has 74 valence electrons. The topological polar surface area (TPSA) is 48.4 Å². The monoisotopic (exact) mass is 201 g/mol. The average molecular weight is 201 g/mol. The molecule has 0 aliphatic carbocycles. The Morgan fingerprint density at radius 1 is 1.27 bits per heavy atom. The summed E-state index contributed by atoms with van der Waals surface area (Å²) in [5.74, 6) is 1.38. The van der Waals surface area contributed by atoms with E-state index >= 15 is 0 Å². The molecule has 3 rings (SSSR count). The number of rotatable bonds is 1. The molecule has 0 saturated heterocycles. The van der Waals surface area contributed by atoms with Gasteiger partial charge in [-0.1, -0.05) is 0 Å². The van der Waals surface area contributed by atoms with Gasteiger partial charge < -0.3 is 9.47 Å². The first-order chi connectivity index (χ1) is 7.38. The number of hydrogen-bond acceptors (Lipinski definition) is 4. The van der Waals surface area contributed by atoms with Gasteiger partial charge in [0.15, 0.2) is 17.8 Å². The molecule has 4 heteroatoms. The van der Waals surface area contributed by atoms with Gasteiger partial charge in [-0.25, -0.2) is 0 Å². The number of carbonyl (C=O) groups is 1. The normalized spacial score (nSPS) is 13.1. The molecule has 0 spiro atoms. The van der Waals surface area contributed by atoms with E-state index < -0.39 is 0 Å². The van der Waals surface area contributed by atoms with Gasteiger partial charge in [0, 0.05) is 11.6 Å². The number of aldehydes is 1. The van der Waals surface area contributed by atoms with Crippen LogP contribution in [-0.2, 0) is 0 Å². The van der Waals surface area contributed by atoms with Crippen LogP contribution >= 0.6 is 0 Å². The highest BCUT2D eigenvalue weighted by atomic mass is 16.7. The highest BCUT2D eigenvalue weighted by Gasteiger charge is 2.15. The van der Waals surface area contributed by atoms with Crippen molar-refractivity contribution < 1.29 is 14.3 Å². The first kappa shape index (κ1) is 8.23. The Kier molecular flexibility index (Phi) is 1.62. The maximum Gasteiger partial charge on any atom is 0.231 e. The van der Waals surface area contributed by atoms with E-state index in [4.69, 9.17) is 9.47 Å². The SMILES string of the molecule is O=Cc1nccc2cc3c(cc12)OCO3. The van der Waals surface area contributed by atoms with Crippen LogP contribution in [0.5, 0.6) is 11.5 Å². The third-order valence-electron chi connectivity index (χ3n) is 2.40. The van der Waals surface area contributed by atoms with Crippen molar-refractivity contribution >= 4 is 17.1 Å². The second-order valence-electron chi connectivity index (χ2n) is 3.24. The van der Waals surface area contributed by atoms with E-state index in [2.05, 4.69) is 4.98 Å². The molecule has 2 aromatic rings. The van der Waals surface area contributed by atoms with Gasteiger partial charge in [0.05, 0.1) is 0 Å². The van der Waals surface area contributed by atoms with Gasteiger partial charge >= 0.3 is 0 Å². The molecule has 0 N–H and O–H groups in total. The molecule has 0 amide bonds. The summed E-state index contributed by atoms with van der Waals surface area (Å²) in [6.07, 6.45) is 2.35. The fraction of sp³-hybridized carbons (Fsp3) is 0.0909. The molecule has 1 aliphatic heterocycles. The molecule has 1 aromatic heterocycles. The highest BCUT2D eigenvalue weighted by molar-refractivity contribution is 5.97. The van der Waals surface area contributed by atoms with Crippen LogP contribution in [0.2, 0.25) is 0 Å². The predicted molar refractivity (Wildman–Crippen MR) is 53.3 cm³/mol. The van der Waals surface area contributed by atoms with Gasteiger partial charge in [0.25, 0.3) is 0 Å². The molecule has 0 radical (unpaired) electrons. The molecule has 0 fully saturated rings. The van der Waals surface area contributed by atoms with E-state index in [1.165, 1.54) is 0 Å². The number of fused-ring (bicyclic) bond motifs is 2. The van der Waals surface area contributed by atoms with Crippen molar-refractivity contribution in [1.29, 1.82) is 0 Å². The Morgan fingerprint density at radius 2 is 2.07 bits per heavy atom. The Morgan fingerprint density at radius 3 is 2.87 bits per heavy atom. The van der Waals surface area contributed by atoms with Crippen molar-refractivity contribution in [2.75, 3.05) is 6.79 Å². The van der Waals surface area contributed by atoms with Crippen LogP contribution in [0.1, 0.15) is 10.5 Å². The molecule has 4 nitrogen and oxygen atoms in total. The number of hydrogen-bond donors (Lipinski definition) is 0. The van der Waals surface area contributed by atoms with E-state index in [-0.39, 0.29) is 6.79 Å². The first-order valence-electron chi connectivity index (χ1n) is 4.52. The minimum absolute atomic E-state index is 0.232. The third-order valence-corrected chi connectivity index (χ3v) is 2.40. The van der Waals surface area contributed by atoms with E-state index in [1.807, 2.05) is 12.1 Å². The van der Waals surface area contributed by atoms with Crippen molar-refractivity contribution in [1.82, 2.24) is 4.98 Å². The van der Waals surface area contributed by atoms with Crippen LogP contribution in [0, 0.1) is 0 Å².